The summed E-state index contributed by atoms with van der Waals surface area (Å²) in [6.45, 7) is 2.20. The van der Waals surface area contributed by atoms with Crippen molar-refractivity contribution in [1.82, 2.24) is 5.43 Å². The number of nitrogens with one attached hydrogen (secondary N) is 1. The lowest BCUT2D eigenvalue weighted by Crippen LogP contribution is -2.29. The third-order valence-electron chi connectivity index (χ3n) is 3.70. The van der Waals surface area contributed by atoms with E-state index in [2.05, 4.69) is 48.7 Å². The molecule has 0 aliphatic rings. The van der Waals surface area contributed by atoms with Crippen LogP contribution in [0.2, 0.25) is 0 Å². The van der Waals surface area contributed by atoms with E-state index in [0.717, 1.165) is 18.6 Å². The molecule has 2 aromatic carbocycles. The SMILES string of the molecule is CCCc1ccc(C(Cc2cccc(OC)c2)NN)cc1. The Morgan fingerprint density at radius 1 is 1.10 bits per heavy atom. The molecule has 3 heteroatoms. The molecule has 0 aliphatic carbocycles. The summed E-state index contributed by atoms with van der Waals surface area (Å²) in [4.78, 5) is 0. The van der Waals surface area contributed by atoms with Crippen molar-refractivity contribution in [1.29, 1.82) is 0 Å². The van der Waals surface area contributed by atoms with Gasteiger partial charge >= 0.3 is 0 Å². The summed E-state index contributed by atoms with van der Waals surface area (Å²) in [6.07, 6.45) is 3.12. The second kappa shape index (κ2) is 7.81. The zero-order chi connectivity index (χ0) is 15.1. The van der Waals surface area contributed by atoms with Gasteiger partial charge in [-0.2, -0.15) is 0 Å². The van der Waals surface area contributed by atoms with Crippen LogP contribution in [-0.2, 0) is 12.8 Å². The lowest BCUT2D eigenvalue weighted by molar-refractivity contribution is 0.414. The number of hydrogen-bond donors (Lipinski definition) is 2. The van der Waals surface area contributed by atoms with Crippen LogP contribution in [0.3, 0.4) is 0 Å². The molecule has 2 aromatic rings. The van der Waals surface area contributed by atoms with E-state index in [-0.39, 0.29) is 6.04 Å². The summed E-state index contributed by atoms with van der Waals surface area (Å²) in [5.74, 6) is 6.62. The van der Waals surface area contributed by atoms with E-state index in [9.17, 15) is 0 Å². The fourth-order valence-corrected chi connectivity index (χ4v) is 2.51. The fraction of sp³-hybridized carbons (Fsp3) is 0.333. The molecular weight excluding hydrogens is 260 g/mol. The quantitative estimate of drug-likeness (QED) is 0.605. The highest BCUT2D eigenvalue weighted by molar-refractivity contribution is 5.31. The normalized spacial score (nSPS) is 12.1. The van der Waals surface area contributed by atoms with Gasteiger partial charge in [-0.3, -0.25) is 11.3 Å². The molecule has 21 heavy (non-hydrogen) atoms. The number of hydrazine groups is 1. The van der Waals surface area contributed by atoms with Gasteiger partial charge in [0.05, 0.1) is 7.11 Å². The first-order valence-corrected chi connectivity index (χ1v) is 7.44. The van der Waals surface area contributed by atoms with Crippen LogP contribution >= 0.6 is 0 Å². The highest BCUT2D eigenvalue weighted by atomic mass is 16.5. The third-order valence-corrected chi connectivity index (χ3v) is 3.70. The van der Waals surface area contributed by atoms with Crippen molar-refractivity contribution in [3.63, 3.8) is 0 Å². The molecule has 112 valence electrons. The van der Waals surface area contributed by atoms with E-state index >= 15 is 0 Å². The maximum absolute atomic E-state index is 5.74. The minimum Gasteiger partial charge on any atom is -0.497 e. The van der Waals surface area contributed by atoms with E-state index in [4.69, 9.17) is 10.6 Å². The lowest BCUT2D eigenvalue weighted by atomic mass is 9.97. The average Bonchev–Trinajstić information content (AvgIpc) is 2.54. The minimum atomic E-state index is 0.104. The molecule has 0 spiro atoms. The van der Waals surface area contributed by atoms with Gasteiger partial charge in [-0.15, -0.1) is 0 Å². The van der Waals surface area contributed by atoms with Crippen molar-refractivity contribution in [3.8, 4) is 5.75 Å². The smallest absolute Gasteiger partial charge is 0.119 e. The number of aryl methyl sites for hydroxylation is 1. The van der Waals surface area contributed by atoms with Gasteiger partial charge in [0.1, 0.15) is 5.75 Å². The standard InChI is InChI=1S/C18H24N2O/c1-3-5-14-8-10-16(11-9-14)18(20-19)13-15-6-4-7-17(12-15)21-2/h4,6-12,18,20H,3,5,13,19H2,1-2H3. The first-order valence-electron chi connectivity index (χ1n) is 7.44. The Morgan fingerprint density at radius 2 is 1.86 bits per heavy atom. The monoisotopic (exact) mass is 284 g/mol. The zero-order valence-electron chi connectivity index (χ0n) is 12.8. The second-order valence-electron chi connectivity index (χ2n) is 5.27. The van der Waals surface area contributed by atoms with E-state index in [0.29, 0.717) is 0 Å². The number of ether oxygens (including phenoxy) is 1. The number of benzene rings is 2. The molecule has 0 aromatic heterocycles. The third kappa shape index (κ3) is 4.31. The first kappa shape index (κ1) is 15.5. The molecule has 3 nitrogen and oxygen atoms in total. The van der Waals surface area contributed by atoms with E-state index < -0.39 is 0 Å². The Balaban J connectivity index is 2.11. The van der Waals surface area contributed by atoms with Gasteiger partial charge in [0.25, 0.3) is 0 Å². The van der Waals surface area contributed by atoms with Gasteiger partial charge in [0.15, 0.2) is 0 Å². The summed E-state index contributed by atoms with van der Waals surface area (Å²) >= 11 is 0. The molecule has 0 saturated heterocycles. The number of nitrogens with two attached hydrogens (primary N) is 1. The van der Waals surface area contributed by atoms with Crippen LogP contribution in [0.4, 0.5) is 0 Å². The Hall–Kier alpha value is -1.84. The van der Waals surface area contributed by atoms with Crippen molar-refractivity contribution >= 4 is 0 Å². The summed E-state index contributed by atoms with van der Waals surface area (Å²) in [7, 11) is 1.68. The van der Waals surface area contributed by atoms with Gasteiger partial charge in [0.2, 0.25) is 0 Å². The molecule has 0 fully saturated rings. The topological polar surface area (TPSA) is 47.3 Å². The molecule has 2 rings (SSSR count). The number of rotatable bonds is 7. The average molecular weight is 284 g/mol. The Morgan fingerprint density at radius 3 is 2.48 bits per heavy atom. The van der Waals surface area contributed by atoms with E-state index in [1.54, 1.807) is 7.11 Å². The zero-order valence-corrected chi connectivity index (χ0v) is 12.8. The van der Waals surface area contributed by atoms with Crippen LogP contribution in [0, 0.1) is 0 Å². The highest BCUT2D eigenvalue weighted by Gasteiger charge is 2.11. The predicted octanol–water partition coefficient (Wildman–Crippen LogP) is 3.39. The summed E-state index contributed by atoms with van der Waals surface area (Å²) in [5.41, 5.74) is 6.70. The Labute approximate surface area is 127 Å². The van der Waals surface area contributed by atoms with Crippen LogP contribution in [0.15, 0.2) is 48.5 Å². The maximum Gasteiger partial charge on any atom is 0.119 e. The number of methoxy groups -OCH3 is 1. The molecule has 0 saturated carbocycles. The van der Waals surface area contributed by atoms with Crippen LogP contribution in [0.1, 0.15) is 36.1 Å². The molecule has 0 radical (unpaired) electrons. The molecule has 0 amide bonds. The molecule has 0 aliphatic heterocycles. The largest absolute Gasteiger partial charge is 0.497 e. The van der Waals surface area contributed by atoms with Crippen LogP contribution < -0.4 is 16.0 Å². The number of hydrogen-bond acceptors (Lipinski definition) is 3. The second-order valence-corrected chi connectivity index (χ2v) is 5.27. The molecule has 1 unspecified atom stereocenters. The van der Waals surface area contributed by atoms with Crippen LogP contribution in [-0.4, -0.2) is 7.11 Å². The molecular formula is C18H24N2O. The van der Waals surface area contributed by atoms with Crippen LogP contribution in [0.25, 0.3) is 0 Å². The highest BCUT2D eigenvalue weighted by Crippen LogP contribution is 2.21. The van der Waals surface area contributed by atoms with Crippen molar-refractivity contribution in [2.75, 3.05) is 7.11 Å². The van der Waals surface area contributed by atoms with Crippen molar-refractivity contribution < 1.29 is 4.74 Å². The van der Waals surface area contributed by atoms with Crippen molar-refractivity contribution in [2.24, 2.45) is 5.84 Å². The van der Waals surface area contributed by atoms with E-state index in [1.807, 2.05) is 12.1 Å². The molecule has 3 N–H and O–H groups in total. The minimum absolute atomic E-state index is 0.104. The van der Waals surface area contributed by atoms with Crippen LogP contribution in [0.5, 0.6) is 5.75 Å². The van der Waals surface area contributed by atoms with Gasteiger partial charge in [-0.1, -0.05) is 49.7 Å². The molecule has 0 heterocycles. The van der Waals surface area contributed by atoms with Gasteiger partial charge in [0, 0.05) is 6.04 Å². The summed E-state index contributed by atoms with van der Waals surface area (Å²) < 4.78 is 5.27. The summed E-state index contributed by atoms with van der Waals surface area (Å²) in [5, 5.41) is 0. The fourth-order valence-electron chi connectivity index (χ4n) is 2.51. The Bertz CT molecular complexity index is 551. The van der Waals surface area contributed by atoms with Crippen molar-refractivity contribution in [3.05, 3.63) is 65.2 Å². The van der Waals surface area contributed by atoms with Crippen molar-refractivity contribution in [2.45, 2.75) is 32.2 Å². The lowest BCUT2D eigenvalue weighted by Gasteiger charge is -2.17. The Kier molecular flexibility index (Phi) is 5.78. The van der Waals surface area contributed by atoms with Gasteiger partial charge in [-0.25, -0.2) is 0 Å². The molecule has 0 bridgehead atoms. The van der Waals surface area contributed by atoms with Gasteiger partial charge in [-0.05, 0) is 41.7 Å². The van der Waals surface area contributed by atoms with E-state index in [1.165, 1.54) is 23.1 Å². The predicted molar refractivity (Wildman–Crippen MR) is 87.2 cm³/mol. The summed E-state index contributed by atoms with van der Waals surface area (Å²) in [6, 6.07) is 16.9. The maximum atomic E-state index is 5.74. The molecule has 1 atom stereocenters. The van der Waals surface area contributed by atoms with Gasteiger partial charge < -0.3 is 4.74 Å². The first-order chi connectivity index (χ1) is 10.3.